The number of rotatable bonds is 2. The van der Waals surface area contributed by atoms with Crippen LogP contribution in [0.2, 0.25) is 0 Å². The number of fused-ring (bicyclic) bond motifs is 3. The van der Waals surface area contributed by atoms with E-state index >= 15 is 0 Å². The fourth-order valence-corrected chi connectivity index (χ4v) is 3.38. The molecule has 1 fully saturated rings. The van der Waals surface area contributed by atoms with Crippen LogP contribution in [0.4, 0.5) is 5.82 Å². The van der Waals surface area contributed by atoms with Crippen LogP contribution in [0.25, 0.3) is 0 Å². The van der Waals surface area contributed by atoms with Crippen LogP contribution in [-0.4, -0.2) is 44.2 Å². The summed E-state index contributed by atoms with van der Waals surface area (Å²) in [5.41, 5.74) is 2.25. The van der Waals surface area contributed by atoms with Crippen LogP contribution in [0.15, 0.2) is 12.4 Å². The molecule has 0 radical (unpaired) electrons. The third-order valence-corrected chi connectivity index (χ3v) is 4.57. The molecule has 4 heterocycles. The molecule has 0 bridgehead atoms. The van der Waals surface area contributed by atoms with Gasteiger partial charge in [-0.3, -0.25) is 0 Å². The molecule has 22 heavy (non-hydrogen) atoms. The van der Waals surface area contributed by atoms with E-state index in [0.29, 0.717) is 6.61 Å². The van der Waals surface area contributed by atoms with Crippen LogP contribution in [0, 0.1) is 6.92 Å². The van der Waals surface area contributed by atoms with Gasteiger partial charge in [-0.1, -0.05) is 12.1 Å². The van der Waals surface area contributed by atoms with Gasteiger partial charge in [-0.15, -0.1) is 5.10 Å². The maximum absolute atomic E-state index is 5.97. The van der Waals surface area contributed by atoms with Gasteiger partial charge in [-0.2, -0.15) is 0 Å². The number of hydrogen-bond donors (Lipinski definition) is 0. The van der Waals surface area contributed by atoms with E-state index in [4.69, 9.17) is 4.74 Å². The Kier molecular flexibility index (Phi) is 3.29. The molecule has 116 valence electrons. The van der Waals surface area contributed by atoms with Gasteiger partial charge in [0.15, 0.2) is 0 Å². The standard InChI is InChI=1S/C15H20N6O/c1-3-11-6-16-10(2)18-15(11)20-5-4-14-13(8-20)21-12(9-22-14)7-17-19-21/h6-7,13-14H,3-5,8-9H2,1-2H3/t13-,14+/m1/s1. The van der Waals surface area contributed by atoms with Gasteiger partial charge in [0, 0.05) is 24.8 Å². The Hall–Kier alpha value is -2.02. The second kappa shape index (κ2) is 5.31. The molecule has 2 aliphatic rings. The van der Waals surface area contributed by atoms with E-state index < -0.39 is 0 Å². The van der Waals surface area contributed by atoms with Gasteiger partial charge < -0.3 is 9.64 Å². The van der Waals surface area contributed by atoms with Crippen LogP contribution in [0.1, 0.15) is 36.5 Å². The van der Waals surface area contributed by atoms with Gasteiger partial charge in [0.05, 0.1) is 30.6 Å². The number of nitrogens with zero attached hydrogens (tertiary/aromatic N) is 6. The fourth-order valence-electron chi connectivity index (χ4n) is 3.38. The summed E-state index contributed by atoms with van der Waals surface area (Å²) in [7, 11) is 0. The Labute approximate surface area is 129 Å². The number of piperidine rings is 1. The van der Waals surface area contributed by atoms with E-state index in [2.05, 4.69) is 32.1 Å². The topological polar surface area (TPSA) is 69.0 Å². The van der Waals surface area contributed by atoms with Crippen molar-refractivity contribution in [3.05, 3.63) is 29.5 Å². The van der Waals surface area contributed by atoms with E-state index in [0.717, 1.165) is 43.3 Å². The Morgan fingerprint density at radius 1 is 1.36 bits per heavy atom. The first-order valence-corrected chi connectivity index (χ1v) is 7.84. The molecule has 7 nitrogen and oxygen atoms in total. The monoisotopic (exact) mass is 300 g/mol. The van der Waals surface area contributed by atoms with Gasteiger partial charge in [-0.25, -0.2) is 14.6 Å². The lowest BCUT2D eigenvalue weighted by Gasteiger charge is -2.41. The molecule has 0 saturated carbocycles. The highest BCUT2D eigenvalue weighted by Crippen LogP contribution is 2.32. The van der Waals surface area contributed by atoms with Crippen molar-refractivity contribution < 1.29 is 4.74 Å². The Bertz CT molecular complexity index is 684. The summed E-state index contributed by atoms with van der Waals surface area (Å²) in [6.07, 6.45) is 5.88. The van der Waals surface area contributed by atoms with E-state index in [1.54, 1.807) is 6.20 Å². The number of anilines is 1. The molecule has 4 rings (SSSR count). The van der Waals surface area contributed by atoms with E-state index in [1.807, 2.05) is 17.8 Å². The van der Waals surface area contributed by atoms with Crippen molar-refractivity contribution in [2.45, 2.75) is 45.4 Å². The van der Waals surface area contributed by atoms with Gasteiger partial charge in [0.2, 0.25) is 0 Å². The molecule has 2 aromatic heterocycles. The molecule has 0 amide bonds. The maximum Gasteiger partial charge on any atom is 0.135 e. The summed E-state index contributed by atoms with van der Waals surface area (Å²) in [6.45, 7) is 6.50. The average molecular weight is 300 g/mol. The maximum atomic E-state index is 5.97. The lowest BCUT2D eigenvalue weighted by Crippen LogP contribution is -2.48. The zero-order valence-electron chi connectivity index (χ0n) is 12.9. The molecule has 0 aromatic carbocycles. The molecule has 0 N–H and O–H groups in total. The molecule has 0 aliphatic carbocycles. The molecular weight excluding hydrogens is 280 g/mol. The van der Waals surface area contributed by atoms with Crippen LogP contribution in [0.3, 0.4) is 0 Å². The SMILES string of the molecule is CCc1cnc(C)nc1N1CC[C@@H]2OCc3cnnn3[C@@H]2C1. The summed E-state index contributed by atoms with van der Waals surface area (Å²) >= 11 is 0. The minimum Gasteiger partial charge on any atom is -0.370 e. The van der Waals surface area contributed by atoms with Gasteiger partial charge in [0.25, 0.3) is 0 Å². The first kappa shape index (κ1) is 13.6. The molecule has 1 saturated heterocycles. The zero-order chi connectivity index (χ0) is 15.1. The predicted octanol–water partition coefficient (Wildman–Crippen LogP) is 1.29. The second-order valence-electron chi connectivity index (χ2n) is 5.94. The van der Waals surface area contributed by atoms with Gasteiger partial charge in [0.1, 0.15) is 11.6 Å². The predicted molar refractivity (Wildman–Crippen MR) is 80.6 cm³/mol. The Balaban J connectivity index is 1.66. The normalized spacial score (nSPS) is 24.0. The average Bonchev–Trinajstić information content (AvgIpc) is 3.03. The van der Waals surface area contributed by atoms with Crippen molar-refractivity contribution in [1.82, 2.24) is 25.0 Å². The molecule has 7 heteroatoms. The minimum absolute atomic E-state index is 0.208. The molecule has 0 unspecified atom stereocenters. The lowest BCUT2D eigenvalue weighted by atomic mass is 10.00. The summed E-state index contributed by atoms with van der Waals surface area (Å²) in [5, 5.41) is 8.29. The molecule has 2 aliphatic heterocycles. The van der Waals surface area contributed by atoms with Gasteiger partial charge in [-0.05, 0) is 19.8 Å². The van der Waals surface area contributed by atoms with Crippen molar-refractivity contribution in [3.8, 4) is 0 Å². The molecule has 0 spiro atoms. The Morgan fingerprint density at radius 2 is 2.27 bits per heavy atom. The molecule has 2 atom stereocenters. The highest BCUT2D eigenvalue weighted by atomic mass is 16.5. The fraction of sp³-hybridized carbons (Fsp3) is 0.600. The number of hydrogen-bond acceptors (Lipinski definition) is 6. The third kappa shape index (κ3) is 2.16. The number of aromatic nitrogens is 5. The van der Waals surface area contributed by atoms with E-state index in [9.17, 15) is 0 Å². The molecule has 2 aromatic rings. The molecular formula is C15H20N6O. The van der Waals surface area contributed by atoms with Crippen LogP contribution < -0.4 is 4.90 Å². The highest BCUT2D eigenvalue weighted by molar-refractivity contribution is 5.47. The first-order valence-electron chi connectivity index (χ1n) is 7.84. The Morgan fingerprint density at radius 3 is 3.14 bits per heavy atom. The van der Waals surface area contributed by atoms with Crippen molar-refractivity contribution in [1.29, 1.82) is 0 Å². The van der Waals surface area contributed by atoms with Gasteiger partial charge >= 0.3 is 0 Å². The van der Waals surface area contributed by atoms with Crippen molar-refractivity contribution in [3.63, 3.8) is 0 Å². The number of aryl methyl sites for hydroxylation is 2. The van der Waals surface area contributed by atoms with Crippen molar-refractivity contribution >= 4 is 5.82 Å². The summed E-state index contributed by atoms with van der Waals surface area (Å²) in [6, 6.07) is 0.208. The van der Waals surface area contributed by atoms with E-state index in [1.165, 1.54) is 5.56 Å². The smallest absolute Gasteiger partial charge is 0.135 e. The van der Waals surface area contributed by atoms with Crippen molar-refractivity contribution in [2.75, 3.05) is 18.0 Å². The number of ether oxygens (including phenoxy) is 1. The van der Waals surface area contributed by atoms with Crippen LogP contribution >= 0.6 is 0 Å². The van der Waals surface area contributed by atoms with Crippen LogP contribution in [-0.2, 0) is 17.8 Å². The lowest BCUT2D eigenvalue weighted by molar-refractivity contribution is -0.0373. The quantitative estimate of drug-likeness (QED) is 0.832. The summed E-state index contributed by atoms with van der Waals surface area (Å²) in [5.74, 6) is 1.87. The third-order valence-electron chi connectivity index (χ3n) is 4.57. The largest absolute Gasteiger partial charge is 0.370 e. The van der Waals surface area contributed by atoms with E-state index in [-0.39, 0.29) is 12.1 Å². The van der Waals surface area contributed by atoms with Crippen LogP contribution in [0.5, 0.6) is 0 Å². The second-order valence-corrected chi connectivity index (χ2v) is 5.94. The summed E-state index contributed by atoms with van der Waals surface area (Å²) in [4.78, 5) is 11.3. The highest BCUT2D eigenvalue weighted by Gasteiger charge is 2.37. The zero-order valence-corrected chi connectivity index (χ0v) is 12.9. The van der Waals surface area contributed by atoms with Crippen molar-refractivity contribution in [2.24, 2.45) is 0 Å². The summed E-state index contributed by atoms with van der Waals surface area (Å²) < 4.78 is 8.00. The minimum atomic E-state index is 0.208. The first-order chi connectivity index (χ1) is 10.8.